The van der Waals surface area contributed by atoms with E-state index in [4.69, 9.17) is 0 Å². The van der Waals surface area contributed by atoms with Crippen molar-refractivity contribution < 1.29 is 9.59 Å². The number of hydrogen-bond donors (Lipinski definition) is 1. The van der Waals surface area contributed by atoms with Crippen LogP contribution in [0.4, 0.5) is 0 Å². The summed E-state index contributed by atoms with van der Waals surface area (Å²) in [6, 6.07) is 9.54. The van der Waals surface area contributed by atoms with E-state index >= 15 is 0 Å². The number of nitrogens with zero attached hydrogens (tertiary/aromatic N) is 1. The van der Waals surface area contributed by atoms with Crippen molar-refractivity contribution in [2.45, 2.75) is 17.1 Å². The lowest BCUT2D eigenvalue weighted by Gasteiger charge is -2.12. The summed E-state index contributed by atoms with van der Waals surface area (Å²) in [5.41, 5.74) is 0.810. The van der Waals surface area contributed by atoms with E-state index < -0.39 is 5.25 Å². The third-order valence-electron chi connectivity index (χ3n) is 2.69. The highest BCUT2D eigenvalue weighted by molar-refractivity contribution is 8.01. The zero-order valence-corrected chi connectivity index (χ0v) is 11.5. The number of Topliss-reactive ketones (excluding diaryl/α,β-unsaturated/α-hetero) is 1. The van der Waals surface area contributed by atoms with E-state index in [0.717, 1.165) is 15.8 Å². The van der Waals surface area contributed by atoms with Crippen LogP contribution in [-0.4, -0.2) is 29.0 Å². The summed E-state index contributed by atoms with van der Waals surface area (Å²) in [6.07, 6.45) is 1.70. The Balaban J connectivity index is 2.39. The fraction of sp³-hybridized carbons (Fsp3) is 0.214. The van der Waals surface area contributed by atoms with Gasteiger partial charge in [-0.05, 0) is 19.1 Å². The van der Waals surface area contributed by atoms with Crippen LogP contribution in [-0.2, 0) is 9.59 Å². The van der Waals surface area contributed by atoms with Gasteiger partial charge in [0.15, 0.2) is 5.78 Å². The van der Waals surface area contributed by atoms with Crippen LogP contribution in [0.1, 0.15) is 6.92 Å². The van der Waals surface area contributed by atoms with Crippen LogP contribution < -0.4 is 5.32 Å². The molecule has 0 aliphatic carbocycles. The first-order valence-electron chi connectivity index (χ1n) is 5.86. The molecule has 1 N–H and O–H groups in total. The Kier molecular flexibility index (Phi) is 4.16. The molecule has 0 radical (unpaired) electrons. The lowest BCUT2D eigenvalue weighted by molar-refractivity contribution is -0.126. The van der Waals surface area contributed by atoms with E-state index in [2.05, 4.69) is 10.3 Å². The molecule has 1 unspecified atom stereocenters. The minimum atomic E-state index is -0.738. The van der Waals surface area contributed by atoms with E-state index in [9.17, 15) is 9.59 Å². The number of benzene rings is 1. The average molecular weight is 274 g/mol. The van der Waals surface area contributed by atoms with Gasteiger partial charge in [0.2, 0.25) is 5.91 Å². The number of amides is 1. The lowest BCUT2D eigenvalue weighted by atomic mass is 10.2. The smallest absolute Gasteiger partial charge is 0.240 e. The summed E-state index contributed by atoms with van der Waals surface area (Å²) in [4.78, 5) is 28.5. The number of aromatic nitrogens is 1. The molecule has 1 heterocycles. The van der Waals surface area contributed by atoms with E-state index in [0.29, 0.717) is 0 Å². The number of rotatable bonds is 4. The Hall–Kier alpha value is -1.88. The molecular formula is C14H14N2O2S. The fourth-order valence-electron chi connectivity index (χ4n) is 1.75. The van der Waals surface area contributed by atoms with Gasteiger partial charge in [-0.3, -0.25) is 14.6 Å². The van der Waals surface area contributed by atoms with Gasteiger partial charge in [-0.1, -0.05) is 18.2 Å². The topological polar surface area (TPSA) is 59.1 Å². The van der Waals surface area contributed by atoms with Crippen molar-refractivity contribution in [3.8, 4) is 0 Å². The molecule has 98 valence electrons. The molecule has 0 aliphatic rings. The first kappa shape index (κ1) is 13.5. The minimum absolute atomic E-state index is 0.169. The molecule has 0 aliphatic heterocycles. The van der Waals surface area contributed by atoms with Gasteiger partial charge in [0.25, 0.3) is 0 Å². The van der Waals surface area contributed by atoms with Gasteiger partial charge in [-0.2, -0.15) is 0 Å². The van der Waals surface area contributed by atoms with Crippen LogP contribution in [0.2, 0.25) is 0 Å². The average Bonchev–Trinajstić information content (AvgIpc) is 2.43. The number of fused-ring (bicyclic) bond motifs is 1. The van der Waals surface area contributed by atoms with Crippen molar-refractivity contribution in [2.24, 2.45) is 0 Å². The van der Waals surface area contributed by atoms with Crippen LogP contribution in [0.25, 0.3) is 10.9 Å². The van der Waals surface area contributed by atoms with Crippen LogP contribution in [0.3, 0.4) is 0 Å². The summed E-state index contributed by atoms with van der Waals surface area (Å²) >= 11 is 1.23. The molecule has 4 nitrogen and oxygen atoms in total. The normalized spacial score (nSPS) is 12.1. The molecule has 1 aromatic heterocycles. The number of ketones is 1. The van der Waals surface area contributed by atoms with Gasteiger partial charge in [0.05, 0.1) is 5.52 Å². The predicted octanol–water partition coefficient (Wildman–Crippen LogP) is 2.03. The Labute approximate surface area is 115 Å². The maximum Gasteiger partial charge on any atom is 0.240 e. The first-order valence-corrected chi connectivity index (χ1v) is 6.74. The van der Waals surface area contributed by atoms with Gasteiger partial charge < -0.3 is 5.32 Å². The summed E-state index contributed by atoms with van der Waals surface area (Å²) in [5.74, 6) is -0.456. The SMILES string of the molecule is CNC(=O)C(Sc1cccc2cccnc12)C(C)=O. The van der Waals surface area contributed by atoms with Crippen LogP contribution in [0.15, 0.2) is 41.4 Å². The summed E-state index contributed by atoms with van der Waals surface area (Å²) < 4.78 is 0. The number of carbonyl (C=O) groups excluding carboxylic acids is 2. The summed E-state index contributed by atoms with van der Waals surface area (Å²) in [6.45, 7) is 1.42. The Morgan fingerprint density at radius 3 is 2.68 bits per heavy atom. The molecule has 0 saturated heterocycles. The van der Waals surface area contributed by atoms with E-state index in [1.54, 1.807) is 6.20 Å². The molecule has 1 aromatic carbocycles. The standard InChI is InChI=1S/C14H14N2O2S/c1-9(17)13(14(18)15-2)19-11-7-3-5-10-6-4-8-16-12(10)11/h3-8,13H,1-2H3,(H,15,18). The molecule has 19 heavy (non-hydrogen) atoms. The van der Waals surface area contributed by atoms with Gasteiger partial charge in [-0.25, -0.2) is 0 Å². The highest BCUT2D eigenvalue weighted by Gasteiger charge is 2.24. The molecular weight excluding hydrogens is 260 g/mol. The second kappa shape index (κ2) is 5.84. The van der Waals surface area contributed by atoms with Gasteiger partial charge in [0, 0.05) is 23.5 Å². The maximum absolute atomic E-state index is 11.7. The van der Waals surface area contributed by atoms with Crippen LogP contribution in [0, 0.1) is 0 Å². The Bertz CT molecular complexity index is 622. The molecule has 0 spiro atoms. The second-order valence-corrected chi connectivity index (χ2v) is 5.20. The van der Waals surface area contributed by atoms with Gasteiger partial charge in [-0.15, -0.1) is 11.8 Å². The van der Waals surface area contributed by atoms with Crippen molar-refractivity contribution in [3.63, 3.8) is 0 Å². The summed E-state index contributed by atoms with van der Waals surface area (Å²) in [7, 11) is 1.53. The minimum Gasteiger partial charge on any atom is -0.358 e. The zero-order valence-electron chi connectivity index (χ0n) is 10.7. The molecule has 0 saturated carbocycles. The molecule has 2 aromatic rings. The van der Waals surface area contributed by atoms with Gasteiger partial charge in [0.1, 0.15) is 5.25 Å². The number of nitrogens with one attached hydrogen (secondary N) is 1. The van der Waals surface area contributed by atoms with Crippen molar-refractivity contribution in [1.29, 1.82) is 0 Å². The highest BCUT2D eigenvalue weighted by Crippen LogP contribution is 2.30. The summed E-state index contributed by atoms with van der Waals surface area (Å²) in [5, 5.41) is 2.77. The third-order valence-corrected chi connectivity index (χ3v) is 4.06. The number of thioether (sulfide) groups is 1. The molecule has 5 heteroatoms. The number of para-hydroxylation sites is 1. The quantitative estimate of drug-likeness (QED) is 0.684. The molecule has 1 atom stereocenters. The maximum atomic E-state index is 11.7. The molecule has 0 fully saturated rings. The van der Waals surface area contributed by atoms with Crippen LogP contribution in [0.5, 0.6) is 0 Å². The predicted molar refractivity (Wildman–Crippen MR) is 76.1 cm³/mol. The third kappa shape index (κ3) is 2.93. The largest absolute Gasteiger partial charge is 0.358 e. The monoisotopic (exact) mass is 274 g/mol. The second-order valence-electron chi connectivity index (χ2n) is 4.05. The number of pyridine rings is 1. The van der Waals surface area contributed by atoms with Crippen molar-refractivity contribution in [2.75, 3.05) is 7.05 Å². The van der Waals surface area contributed by atoms with E-state index in [-0.39, 0.29) is 11.7 Å². The fourth-order valence-corrected chi connectivity index (χ4v) is 2.83. The van der Waals surface area contributed by atoms with E-state index in [1.807, 2.05) is 30.3 Å². The molecule has 0 bridgehead atoms. The first-order chi connectivity index (χ1) is 9.13. The number of carbonyl (C=O) groups is 2. The van der Waals surface area contributed by atoms with E-state index in [1.165, 1.54) is 25.7 Å². The molecule has 2 rings (SSSR count). The Morgan fingerprint density at radius 1 is 1.26 bits per heavy atom. The van der Waals surface area contributed by atoms with Crippen molar-refractivity contribution >= 4 is 34.4 Å². The van der Waals surface area contributed by atoms with Crippen molar-refractivity contribution in [1.82, 2.24) is 10.3 Å². The Morgan fingerprint density at radius 2 is 2.00 bits per heavy atom. The lowest BCUT2D eigenvalue weighted by Crippen LogP contribution is -2.34. The molecule has 1 amide bonds. The van der Waals surface area contributed by atoms with Crippen LogP contribution >= 0.6 is 11.8 Å². The van der Waals surface area contributed by atoms with Crippen molar-refractivity contribution in [3.05, 3.63) is 36.5 Å². The zero-order chi connectivity index (χ0) is 13.8. The highest BCUT2D eigenvalue weighted by atomic mass is 32.2. The number of hydrogen-bond acceptors (Lipinski definition) is 4. The van der Waals surface area contributed by atoms with Gasteiger partial charge >= 0.3 is 0 Å².